The Balaban J connectivity index is 0.000000129. The van der Waals surface area contributed by atoms with E-state index >= 15 is 0 Å². The van der Waals surface area contributed by atoms with Crippen LogP contribution in [-0.4, -0.2) is 88.3 Å². The summed E-state index contributed by atoms with van der Waals surface area (Å²) in [5, 5.41) is 6.39. The first-order chi connectivity index (χ1) is 67.0. The zero-order valence-electron chi connectivity index (χ0n) is 71.3. The molecule has 0 radical (unpaired) electrons. The molecule has 0 N–H and O–H groups in total. The number of rotatable bonds is 7. The van der Waals surface area contributed by atoms with Gasteiger partial charge in [-0.2, -0.15) is 0 Å². The Morgan fingerprint density at radius 2 is 0.400 bits per heavy atom. The highest BCUT2D eigenvalue weighted by Crippen LogP contribution is 2.47. The van der Waals surface area contributed by atoms with Crippen molar-refractivity contribution in [1.29, 1.82) is 0 Å². The van der Waals surface area contributed by atoms with E-state index in [4.69, 9.17) is 38.7 Å². The molecule has 0 aliphatic rings. The third-order valence-electron chi connectivity index (χ3n) is 28.1. The lowest BCUT2D eigenvalue weighted by Gasteiger charge is -2.10. The third kappa shape index (κ3) is 9.31. The van der Waals surface area contributed by atoms with Gasteiger partial charge in [-0.05, 0) is 218 Å². The van der Waals surface area contributed by atoms with E-state index in [0.29, 0.717) is 0 Å². The second-order valence-corrected chi connectivity index (χ2v) is 35.1. The molecular weight excluding hydrogens is 1670 g/mol. The SMILES string of the molecule is c1ccc2c(c1)nc1n(-c3ccc4c(c3)c3ccccc3n4-c3cccc4c3oc3cccc(-n5c6ccccc6n6c7ccccc7nc56)c34)c3ccccc3n21.c1ccc2c(c1)nc1n(-c3ccc4c(c3)n3c5ccccc5nc3n4-c3cccc4c3oc3cccc(-n5c6ccc(-n7c8ccccc8n8c9ccccc9nc78)cc6n6c7ccccc7nc56)c34)c3ccccc3n21. The lowest BCUT2D eigenvalue weighted by atomic mass is 10.1. The normalized spacial score (nSPS) is 12.6. The Morgan fingerprint density at radius 1 is 0.156 bits per heavy atom. The zero-order valence-corrected chi connectivity index (χ0v) is 71.3. The van der Waals surface area contributed by atoms with Crippen molar-refractivity contribution in [3.63, 3.8) is 0 Å². The largest absolute Gasteiger partial charge is 0.454 e. The van der Waals surface area contributed by atoms with Crippen molar-refractivity contribution in [3.05, 3.63) is 394 Å². The molecule has 21 nitrogen and oxygen atoms in total. The smallest absolute Gasteiger partial charge is 0.220 e. The summed E-state index contributed by atoms with van der Waals surface area (Å²) in [4.78, 5) is 31.5. The lowest BCUT2D eigenvalue weighted by Crippen LogP contribution is -1.98. The Bertz CT molecular complexity index is 11100. The van der Waals surface area contributed by atoms with E-state index in [-0.39, 0.29) is 0 Å². The van der Waals surface area contributed by atoms with Crippen LogP contribution in [0.15, 0.2) is 403 Å². The molecule has 628 valence electrons. The number of aromatic nitrogens is 19. The molecule has 0 fully saturated rings. The second-order valence-electron chi connectivity index (χ2n) is 35.1. The van der Waals surface area contributed by atoms with Crippen molar-refractivity contribution in [2.45, 2.75) is 0 Å². The van der Waals surface area contributed by atoms with Crippen LogP contribution in [0, 0.1) is 0 Å². The Morgan fingerprint density at radius 3 is 0.770 bits per heavy atom. The molecular formula is C114H65N19O2. The maximum absolute atomic E-state index is 7.16. The molecule has 0 atom stereocenters. The van der Waals surface area contributed by atoms with Gasteiger partial charge in [0.15, 0.2) is 11.2 Å². The third-order valence-corrected chi connectivity index (χ3v) is 28.1. The van der Waals surface area contributed by atoms with Gasteiger partial charge in [0.2, 0.25) is 34.7 Å². The van der Waals surface area contributed by atoms with Gasteiger partial charge in [0.25, 0.3) is 0 Å². The molecule has 0 amide bonds. The molecule has 0 spiro atoms. The fraction of sp³-hybridized carbons (Fsp3) is 0. The molecule has 135 heavy (non-hydrogen) atoms. The Hall–Kier alpha value is -19.0. The van der Waals surface area contributed by atoms with Gasteiger partial charge in [-0.3, -0.25) is 53.8 Å². The minimum absolute atomic E-state index is 0.756. The van der Waals surface area contributed by atoms with E-state index in [1.54, 1.807) is 0 Å². The minimum atomic E-state index is 0.756. The molecule has 0 saturated heterocycles. The van der Waals surface area contributed by atoms with Crippen molar-refractivity contribution in [1.82, 2.24) is 88.3 Å². The highest BCUT2D eigenvalue weighted by Gasteiger charge is 2.31. The van der Waals surface area contributed by atoms with Gasteiger partial charge in [-0.1, -0.05) is 176 Å². The number of fused-ring (bicyclic) bond motifs is 39. The van der Waals surface area contributed by atoms with E-state index in [9.17, 15) is 0 Å². The average Bonchev–Trinajstić information content (AvgIpc) is 1.73. The standard InChI is InChI=1S/C64H36N12O.C50H29N7O/c1-5-20-44-40(16-1)65-61-69(48-24-9-11-26-50(48)71(44)61)37-31-33-52-56(35-37)73-46-22-7-3-18-42(46)67-63(73)75(52)54-28-14-30-58-59(54)39-15-13-29-55(60(39)77-58)76-53-34-32-38(36-57(53)74-47-23-8-4-19-43(47)68-64(74)76)70-49-25-10-12-27-51(49)72-45-21-6-2-17-41(45)66-62(70)72;1-4-17-36-31(13-1)33-29-30(53-40-20-7-8-21-41(40)55-38-18-5-2-15-34(38)51-49(53)55)27-28-37(33)54(36)45-25-11-14-32-47-44(24-12-26-46(47)58-48(32)45)57-43-23-10-9-22-42(43)56-39-19-6-3-16-35(39)52-50(56)57/h1-36H;1-29H. The number of imidazole rings is 12. The Labute approximate surface area is 759 Å². The van der Waals surface area contributed by atoms with Crippen molar-refractivity contribution in [2.75, 3.05) is 0 Å². The van der Waals surface area contributed by atoms with Crippen LogP contribution in [0.1, 0.15) is 0 Å². The van der Waals surface area contributed by atoms with Gasteiger partial charge in [-0.25, -0.2) is 29.9 Å². The van der Waals surface area contributed by atoms with E-state index in [1.165, 1.54) is 5.39 Å². The second kappa shape index (κ2) is 25.9. The number of nitrogens with zero attached hydrogens (tertiary/aromatic N) is 19. The first-order valence-electron chi connectivity index (χ1n) is 45.3. The predicted molar refractivity (Wildman–Crippen MR) is 540 cm³/mol. The fourth-order valence-electron chi connectivity index (χ4n) is 22.6. The number of hydrogen-bond donors (Lipinski definition) is 0. The minimum Gasteiger partial charge on any atom is -0.454 e. The van der Waals surface area contributed by atoms with Crippen LogP contribution in [0.3, 0.4) is 0 Å². The summed E-state index contributed by atoms with van der Waals surface area (Å²) in [6, 6.07) is 139. The maximum atomic E-state index is 7.16. The average molecular weight is 1730 g/mol. The van der Waals surface area contributed by atoms with Crippen LogP contribution in [0.25, 0.3) is 273 Å². The Kier molecular flexibility index (Phi) is 13.6. The van der Waals surface area contributed by atoms with Crippen molar-refractivity contribution >= 4 is 233 Å². The van der Waals surface area contributed by atoms with Crippen LogP contribution < -0.4 is 0 Å². The summed E-state index contributed by atoms with van der Waals surface area (Å²) in [7, 11) is 0. The van der Waals surface area contributed by atoms with Crippen molar-refractivity contribution < 1.29 is 8.83 Å². The predicted octanol–water partition coefficient (Wildman–Crippen LogP) is 26.7. The highest BCUT2D eigenvalue weighted by molar-refractivity contribution is 6.17. The molecule has 18 aromatic carbocycles. The van der Waals surface area contributed by atoms with E-state index in [2.05, 4.69) is 422 Å². The number of furan rings is 2. The first kappa shape index (κ1) is 71.0. The molecule has 21 heteroatoms. The highest BCUT2D eigenvalue weighted by atomic mass is 16.3. The summed E-state index contributed by atoms with van der Waals surface area (Å²) >= 11 is 0. The number of benzene rings is 18. The molecule has 33 aromatic rings. The summed E-state index contributed by atoms with van der Waals surface area (Å²) in [5.74, 6) is 5.07. The van der Waals surface area contributed by atoms with Crippen LogP contribution in [0.5, 0.6) is 0 Å². The zero-order chi connectivity index (χ0) is 87.4. The maximum Gasteiger partial charge on any atom is 0.220 e. The van der Waals surface area contributed by atoms with E-state index in [1.807, 2.05) is 30.3 Å². The summed E-state index contributed by atoms with van der Waals surface area (Å²) in [6.07, 6.45) is 0. The topological polar surface area (TPSA) is 165 Å². The fourth-order valence-corrected chi connectivity index (χ4v) is 22.6. The number of hydrogen-bond acceptors (Lipinski definition) is 8. The summed E-state index contributed by atoms with van der Waals surface area (Å²) in [5.41, 5.74) is 37.1. The monoisotopic (exact) mass is 1730 g/mol. The van der Waals surface area contributed by atoms with Gasteiger partial charge >= 0.3 is 0 Å². The van der Waals surface area contributed by atoms with Gasteiger partial charge in [0, 0.05) is 27.2 Å². The molecule has 0 saturated carbocycles. The van der Waals surface area contributed by atoms with Crippen molar-refractivity contribution in [3.8, 4) is 39.8 Å². The molecule has 15 heterocycles. The van der Waals surface area contributed by atoms with Crippen molar-refractivity contribution in [2.24, 2.45) is 0 Å². The van der Waals surface area contributed by atoms with Gasteiger partial charge in [-0.15, -0.1) is 0 Å². The molecule has 0 bridgehead atoms. The summed E-state index contributed by atoms with van der Waals surface area (Å²) < 4.78 is 43.8. The molecule has 0 unspecified atom stereocenters. The molecule has 15 aromatic heterocycles. The van der Waals surface area contributed by atoms with Crippen LogP contribution in [-0.2, 0) is 0 Å². The van der Waals surface area contributed by atoms with Crippen LogP contribution >= 0.6 is 0 Å². The van der Waals surface area contributed by atoms with Gasteiger partial charge in [0.1, 0.15) is 11.2 Å². The first-order valence-corrected chi connectivity index (χ1v) is 45.3. The van der Waals surface area contributed by atoms with Crippen LogP contribution in [0.2, 0.25) is 0 Å². The summed E-state index contributed by atoms with van der Waals surface area (Å²) in [6.45, 7) is 0. The quantitative estimate of drug-likeness (QED) is 0.152. The number of para-hydroxylation sites is 23. The molecule has 0 aliphatic carbocycles. The van der Waals surface area contributed by atoms with Gasteiger partial charge < -0.3 is 13.4 Å². The van der Waals surface area contributed by atoms with Crippen LogP contribution in [0.4, 0.5) is 0 Å². The molecule has 0 aliphatic heterocycles. The lowest BCUT2D eigenvalue weighted by molar-refractivity contribution is 0.666. The van der Waals surface area contributed by atoms with E-state index in [0.717, 1.165) is 267 Å². The molecule has 33 rings (SSSR count). The van der Waals surface area contributed by atoms with E-state index < -0.39 is 0 Å². The van der Waals surface area contributed by atoms with Gasteiger partial charge in [0.05, 0.1) is 188 Å².